The smallest absolute Gasteiger partial charge is 0.177 e. The maximum absolute atomic E-state index is 9.36. The van der Waals surface area contributed by atoms with Gasteiger partial charge in [-0.25, -0.2) is 5.06 Å². The molecule has 2 rings (SSSR count). The van der Waals surface area contributed by atoms with E-state index in [1.807, 2.05) is 12.1 Å². The second-order valence-electron chi connectivity index (χ2n) is 2.76. The molecule has 0 fully saturated rings. The van der Waals surface area contributed by atoms with E-state index in [1.54, 1.807) is 12.1 Å². The first-order valence-corrected chi connectivity index (χ1v) is 3.66. The zero-order valence-electron chi connectivity index (χ0n) is 6.44. The standard InChI is InChI=1S/C9H9NO2/c1-6-7-4-2-3-5-8(7)10(12)9(6)11/h2-5,9,11-12H,1H2. The highest BCUT2D eigenvalue weighted by Crippen LogP contribution is 2.36. The molecule has 1 aliphatic heterocycles. The average Bonchev–Trinajstić information content (AvgIpc) is 2.33. The number of nitrogens with zero attached hydrogens (tertiary/aromatic N) is 1. The lowest BCUT2D eigenvalue weighted by Crippen LogP contribution is -2.26. The average molecular weight is 163 g/mol. The van der Waals surface area contributed by atoms with Crippen LogP contribution in [0.15, 0.2) is 30.8 Å². The fourth-order valence-electron chi connectivity index (χ4n) is 1.36. The molecule has 0 saturated heterocycles. The van der Waals surface area contributed by atoms with Gasteiger partial charge in [0, 0.05) is 11.1 Å². The number of fused-ring (bicyclic) bond motifs is 1. The summed E-state index contributed by atoms with van der Waals surface area (Å²) in [5.41, 5.74) is 1.94. The number of hydrogen-bond acceptors (Lipinski definition) is 3. The third-order valence-corrected chi connectivity index (χ3v) is 2.04. The van der Waals surface area contributed by atoms with E-state index >= 15 is 0 Å². The van der Waals surface area contributed by atoms with Crippen LogP contribution in [0.3, 0.4) is 0 Å². The van der Waals surface area contributed by atoms with Crippen LogP contribution in [0.4, 0.5) is 5.69 Å². The van der Waals surface area contributed by atoms with Crippen molar-refractivity contribution in [3.05, 3.63) is 36.4 Å². The molecule has 0 bridgehead atoms. The van der Waals surface area contributed by atoms with Crippen LogP contribution >= 0.6 is 0 Å². The van der Waals surface area contributed by atoms with Crippen LogP contribution in [0.25, 0.3) is 5.57 Å². The largest absolute Gasteiger partial charge is 0.367 e. The van der Waals surface area contributed by atoms with Gasteiger partial charge in [-0.1, -0.05) is 24.8 Å². The van der Waals surface area contributed by atoms with Gasteiger partial charge in [0.15, 0.2) is 6.23 Å². The minimum atomic E-state index is -0.998. The van der Waals surface area contributed by atoms with Crippen LogP contribution in [0.2, 0.25) is 0 Å². The van der Waals surface area contributed by atoms with E-state index in [0.29, 0.717) is 11.3 Å². The molecule has 1 heterocycles. The maximum Gasteiger partial charge on any atom is 0.177 e. The fraction of sp³-hybridized carbons (Fsp3) is 0.111. The number of anilines is 1. The van der Waals surface area contributed by atoms with Crippen LogP contribution < -0.4 is 5.06 Å². The Morgan fingerprint density at radius 2 is 2.00 bits per heavy atom. The van der Waals surface area contributed by atoms with Gasteiger partial charge in [-0.05, 0) is 6.07 Å². The molecule has 1 unspecified atom stereocenters. The van der Waals surface area contributed by atoms with Crippen molar-refractivity contribution in [3.63, 3.8) is 0 Å². The number of hydrogen-bond donors (Lipinski definition) is 2. The zero-order valence-corrected chi connectivity index (χ0v) is 6.44. The second-order valence-corrected chi connectivity index (χ2v) is 2.76. The van der Waals surface area contributed by atoms with Gasteiger partial charge in [0.1, 0.15) is 0 Å². The van der Waals surface area contributed by atoms with Gasteiger partial charge in [-0.3, -0.25) is 5.21 Å². The molecule has 1 aromatic carbocycles. The molecule has 62 valence electrons. The van der Waals surface area contributed by atoms with Crippen LogP contribution in [0.1, 0.15) is 5.56 Å². The van der Waals surface area contributed by atoms with Crippen LogP contribution in [-0.4, -0.2) is 16.5 Å². The zero-order chi connectivity index (χ0) is 8.72. The van der Waals surface area contributed by atoms with Gasteiger partial charge in [-0.15, -0.1) is 0 Å². The first-order valence-electron chi connectivity index (χ1n) is 3.66. The van der Waals surface area contributed by atoms with Crippen molar-refractivity contribution in [2.75, 3.05) is 5.06 Å². The number of rotatable bonds is 0. The molecule has 0 aromatic heterocycles. The first-order chi connectivity index (χ1) is 5.72. The highest BCUT2D eigenvalue weighted by molar-refractivity contribution is 5.84. The minimum Gasteiger partial charge on any atom is -0.367 e. The predicted octanol–water partition coefficient (Wildman–Crippen LogP) is 1.23. The summed E-state index contributed by atoms with van der Waals surface area (Å²) in [5, 5.41) is 19.5. The first kappa shape index (κ1) is 7.34. The van der Waals surface area contributed by atoms with Crippen molar-refractivity contribution in [1.82, 2.24) is 0 Å². The molecule has 0 aliphatic carbocycles. The molecule has 0 radical (unpaired) electrons. The van der Waals surface area contributed by atoms with Gasteiger partial charge >= 0.3 is 0 Å². The summed E-state index contributed by atoms with van der Waals surface area (Å²) in [6.07, 6.45) is -0.998. The molecule has 3 nitrogen and oxygen atoms in total. The molecule has 0 spiro atoms. The van der Waals surface area contributed by atoms with Gasteiger partial charge in [-0.2, -0.15) is 0 Å². The Morgan fingerprint density at radius 1 is 1.33 bits per heavy atom. The SMILES string of the molecule is C=C1c2ccccc2N(O)C1O. The van der Waals surface area contributed by atoms with E-state index < -0.39 is 6.23 Å². The van der Waals surface area contributed by atoms with E-state index in [2.05, 4.69) is 6.58 Å². The molecule has 2 N–H and O–H groups in total. The fourth-order valence-corrected chi connectivity index (χ4v) is 1.36. The van der Waals surface area contributed by atoms with Gasteiger partial charge < -0.3 is 5.11 Å². The van der Waals surface area contributed by atoms with Crippen molar-refractivity contribution >= 4 is 11.3 Å². The lowest BCUT2D eigenvalue weighted by molar-refractivity contribution is 0.112. The third-order valence-electron chi connectivity index (χ3n) is 2.04. The van der Waals surface area contributed by atoms with Crippen LogP contribution in [0, 0.1) is 0 Å². The second kappa shape index (κ2) is 2.33. The maximum atomic E-state index is 9.36. The summed E-state index contributed by atoms with van der Waals surface area (Å²) in [7, 11) is 0. The number of benzene rings is 1. The summed E-state index contributed by atoms with van der Waals surface area (Å²) in [5.74, 6) is 0. The van der Waals surface area contributed by atoms with Crippen molar-refractivity contribution < 1.29 is 10.3 Å². The highest BCUT2D eigenvalue weighted by atomic mass is 16.5. The number of para-hydroxylation sites is 1. The lowest BCUT2D eigenvalue weighted by Gasteiger charge is -2.13. The summed E-state index contributed by atoms with van der Waals surface area (Å²) >= 11 is 0. The monoisotopic (exact) mass is 163 g/mol. The van der Waals surface area contributed by atoms with Crippen molar-refractivity contribution in [2.24, 2.45) is 0 Å². The molecule has 3 heteroatoms. The molecule has 1 aliphatic rings. The molecule has 0 saturated carbocycles. The summed E-state index contributed by atoms with van der Waals surface area (Å²) < 4.78 is 0. The quantitative estimate of drug-likeness (QED) is 0.604. The van der Waals surface area contributed by atoms with Gasteiger partial charge in [0.05, 0.1) is 5.69 Å². The van der Waals surface area contributed by atoms with Crippen molar-refractivity contribution in [1.29, 1.82) is 0 Å². The van der Waals surface area contributed by atoms with Crippen LogP contribution in [0.5, 0.6) is 0 Å². The molecule has 1 aromatic rings. The van der Waals surface area contributed by atoms with Crippen molar-refractivity contribution in [3.8, 4) is 0 Å². The molecule has 12 heavy (non-hydrogen) atoms. The molecule has 1 atom stereocenters. The Morgan fingerprint density at radius 3 is 2.67 bits per heavy atom. The van der Waals surface area contributed by atoms with Crippen molar-refractivity contribution in [2.45, 2.75) is 6.23 Å². The van der Waals surface area contributed by atoms with E-state index in [4.69, 9.17) is 0 Å². The van der Waals surface area contributed by atoms with E-state index in [0.717, 1.165) is 10.6 Å². The Kier molecular flexibility index (Phi) is 1.43. The molecular weight excluding hydrogens is 154 g/mol. The molecular formula is C9H9NO2. The number of aliphatic hydroxyl groups excluding tert-OH is 1. The normalized spacial score (nSPS) is 21.3. The van der Waals surface area contributed by atoms with Gasteiger partial charge in [0.25, 0.3) is 0 Å². The van der Waals surface area contributed by atoms with E-state index in [1.165, 1.54) is 0 Å². The predicted molar refractivity (Wildman–Crippen MR) is 45.7 cm³/mol. The number of aliphatic hydroxyl groups is 1. The van der Waals surface area contributed by atoms with E-state index in [-0.39, 0.29) is 0 Å². The molecule has 0 amide bonds. The highest BCUT2D eigenvalue weighted by Gasteiger charge is 2.29. The Bertz CT molecular complexity index is 335. The minimum absolute atomic E-state index is 0.535. The van der Waals surface area contributed by atoms with Gasteiger partial charge in [0.2, 0.25) is 0 Å². The Balaban J connectivity index is 2.59. The third kappa shape index (κ3) is 0.776. The summed E-state index contributed by atoms with van der Waals surface area (Å²) in [6.45, 7) is 3.68. The summed E-state index contributed by atoms with van der Waals surface area (Å²) in [6, 6.07) is 7.19. The Hall–Kier alpha value is -1.32. The number of hydroxylamine groups is 1. The van der Waals surface area contributed by atoms with Crippen LogP contribution in [-0.2, 0) is 0 Å². The lowest BCUT2D eigenvalue weighted by atomic mass is 10.1. The Labute approximate surface area is 70.1 Å². The summed E-state index contributed by atoms with van der Waals surface area (Å²) in [4.78, 5) is 0. The van der Waals surface area contributed by atoms with E-state index in [9.17, 15) is 10.3 Å². The topological polar surface area (TPSA) is 43.7 Å².